The molecule has 0 spiro atoms. The van der Waals surface area contributed by atoms with Gasteiger partial charge in [0.05, 0.1) is 13.0 Å². The number of rotatable bonds is 2. The average Bonchev–Trinajstić information content (AvgIpc) is 2.43. The highest BCUT2D eigenvalue weighted by atomic mass is 35.5. The molecule has 4 heteroatoms. The standard InChI is InChI=1S/C10H10ClNO2/c11-8-1-2-9-7(5-8)6-10(14)12(9)3-4-13/h1-2,5,13H,3-4,6H2. The average molecular weight is 212 g/mol. The predicted molar refractivity (Wildman–Crippen MR) is 54.6 cm³/mol. The molecule has 1 amide bonds. The van der Waals surface area contributed by atoms with Crippen LogP contribution in [0.2, 0.25) is 5.02 Å². The molecular weight excluding hydrogens is 202 g/mol. The number of amides is 1. The minimum Gasteiger partial charge on any atom is -0.395 e. The lowest BCUT2D eigenvalue weighted by Crippen LogP contribution is -2.29. The van der Waals surface area contributed by atoms with Gasteiger partial charge in [0.25, 0.3) is 0 Å². The summed E-state index contributed by atoms with van der Waals surface area (Å²) in [7, 11) is 0. The minimum atomic E-state index is -0.0200. The van der Waals surface area contributed by atoms with Crippen molar-refractivity contribution >= 4 is 23.2 Å². The van der Waals surface area contributed by atoms with Gasteiger partial charge in [0.1, 0.15) is 0 Å². The predicted octanol–water partition coefficient (Wildman–Crippen LogP) is 1.22. The third-order valence-electron chi connectivity index (χ3n) is 2.30. The van der Waals surface area contributed by atoms with Gasteiger partial charge in [-0.25, -0.2) is 0 Å². The summed E-state index contributed by atoms with van der Waals surface area (Å²) in [6.07, 6.45) is 0.385. The molecule has 74 valence electrons. The molecule has 0 fully saturated rings. The lowest BCUT2D eigenvalue weighted by Gasteiger charge is -2.15. The van der Waals surface area contributed by atoms with Crippen LogP contribution in [-0.4, -0.2) is 24.2 Å². The maximum Gasteiger partial charge on any atom is 0.231 e. The lowest BCUT2D eigenvalue weighted by molar-refractivity contribution is -0.117. The molecule has 1 N–H and O–H groups in total. The van der Waals surface area contributed by atoms with Crippen LogP contribution in [-0.2, 0) is 11.2 Å². The molecule has 1 aliphatic rings. The highest BCUT2D eigenvalue weighted by Gasteiger charge is 2.26. The minimum absolute atomic E-state index is 0.0200. The molecule has 3 nitrogen and oxygen atoms in total. The van der Waals surface area contributed by atoms with E-state index in [-0.39, 0.29) is 12.5 Å². The third-order valence-corrected chi connectivity index (χ3v) is 2.53. The van der Waals surface area contributed by atoms with E-state index in [1.54, 1.807) is 17.0 Å². The number of aliphatic hydroxyl groups excluding tert-OH is 1. The zero-order valence-electron chi connectivity index (χ0n) is 7.53. The molecule has 2 rings (SSSR count). The van der Waals surface area contributed by atoms with E-state index in [1.807, 2.05) is 6.07 Å². The first kappa shape index (κ1) is 9.49. The van der Waals surface area contributed by atoms with Gasteiger partial charge >= 0.3 is 0 Å². The van der Waals surface area contributed by atoms with Crippen molar-refractivity contribution in [3.8, 4) is 0 Å². The fraction of sp³-hybridized carbons (Fsp3) is 0.300. The van der Waals surface area contributed by atoms with Gasteiger partial charge in [-0.3, -0.25) is 4.79 Å². The Morgan fingerprint density at radius 1 is 1.50 bits per heavy atom. The molecule has 0 saturated carbocycles. The number of nitrogens with zero attached hydrogens (tertiary/aromatic N) is 1. The fourth-order valence-electron chi connectivity index (χ4n) is 1.70. The van der Waals surface area contributed by atoms with Crippen LogP contribution < -0.4 is 4.90 Å². The number of hydrogen-bond acceptors (Lipinski definition) is 2. The largest absolute Gasteiger partial charge is 0.395 e. The van der Waals surface area contributed by atoms with E-state index < -0.39 is 0 Å². The molecule has 0 radical (unpaired) electrons. The monoisotopic (exact) mass is 211 g/mol. The molecule has 0 unspecified atom stereocenters. The molecule has 0 bridgehead atoms. The molecule has 1 aliphatic heterocycles. The Balaban J connectivity index is 2.37. The summed E-state index contributed by atoms with van der Waals surface area (Å²) in [6.45, 7) is 0.335. The number of anilines is 1. The van der Waals surface area contributed by atoms with Gasteiger partial charge in [0.15, 0.2) is 0 Å². The molecule has 1 heterocycles. The Kier molecular flexibility index (Phi) is 2.44. The Morgan fingerprint density at radius 2 is 2.29 bits per heavy atom. The molecule has 0 atom stereocenters. The first-order valence-electron chi connectivity index (χ1n) is 4.42. The summed E-state index contributed by atoms with van der Waals surface area (Å²) < 4.78 is 0. The second-order valence-corrected chi connectivity index (χ2v) is 3.66. The number of halogens is 1. The van der Waals surface area contributed by atoms with Crippen LogP contribution in [0.5, 0.6) is 0 Å². The summed E-state index contributed by atoms with van der Waals surface area (Å²) in [5.41, 5.74) is 1.81. The second-order valence-electron chi connectivity index (χ2n) is 3.22. The van der Waals surface area contributed by atoms with Crippen molar-refractivity contribution in [3.63, 3.8) is 0 Å². The molecular formula is C10H10ClNO2. The number of hydrogen-bond donors (Lipinski definition) is 1. The smallest absolute Gasteiger partial charge is 0.231 e. The molecule has 1 aromatic carbocycles. The van der Waals surface area contributed by atoms with E-state index in [9.17, 15) is 4.79 Å². The van der Waals surface area contributed by atoms with Gasteiger partial charge in [-0.15, -0.1) is 0 Å². The van der Waals surface area contributed by atoms with Gasteiger partial charge < -0.3 is 10.0 Å². The maximum absolute atomic E-state index is 11.5. The van der Waals surface area contributed by atoms with E-state index in [2.05, 4.69) is 0 Å². The number of benzene rings is 1. The maximum atomic E-state index is 11.5. The van der Waals surface area contributed by atoms with Crippen LogP contribution in [0.15, 0.2) is 18.2 Å². The van der Waals surface area contributed by atoms with Crippen LogP contribution in [0.3, 0.4) is 0 Å². The summed E-state index contributed by atoms with van der Waals surface area (Å²) >= 11 is 5.82. The van der Waals surface area contributed by atoms with Crippen molar-refractivity contribution in [2.75, 3.05) is 18.1 Å². The normalized spacial score (nSPS) is 14.7. The van der Waals surface area contributed by atoms with Crippen LogP contribution in [0.25, 0.3) is 0 Å². The highest BCUT2D eigenvalue weighted by molar-refractivity contribution is 6.30. The van der Waals surface area contributed by atoms with Gasteiger partial charge in [-0.05, 0) is 23.8 Å². The number of β-amino-alcohol motifs (C(OH)–C–C–N with tert-alkyl or cyclic N) is 1. The topological polar surface area (TPSA) is 40.5 Å². The Morgan fingerprint density at radius 3 is 3.00 bits per heavy atom. The summed E-state index contributed by atoms with van der Waals surface area (Å²) in [4.78, 5) is 13.1. The van der Waals surface area contributed by atoms with E-state index >= 15 is 0 Å². The second kappa shape index (κ2) is 3.59. The Labute approximate surface area is 86.9 Å². The van der Waals surface area contributed by atoms with Crippen molar-refractivity contribution in [1.29, 1.82) is 0 Å². The van der Waals surface area contributed by atoms with E-state index in [1.165, 1.54) is 0 Å². The molecule has 0 saturated heterocycles. The highest BCUT2D eigenvalue weighted by Crippen LogP contribution is 2.30. The fourth-order valence-corrected chi connectivity index (χ4v) is 1.89. The zero-order valence-corrected chi connectivity index (χ0v) is 8.29. The van der Waals surface area contributed by atoms with Gasteiger partial charge in [0, 0.05) is 17.3 Å². The van der Waals surface area contributed by atoms with E-state index in [4.69, 9.17) is 16.7 Å². The molecule has 1 aromatic rings. The third kappa shape index (κ3) is 1.49. The van der Waals surface area contributed by atoms with Crippen molar-refractivity contribution in [2.24, 2.45) is 0 Å². The van der Waals surface area contributed by atoms with Crippen LogP contribution in [0.1, 0.15) is 5.56 Å². The first-order valence-corrected chi connectivity index (χ1v) is 4.80. The van der Waals surface area contributed by atoms with E-state index in [0.29, 0.717) is 18.0 Å². The molecule has 0 aromatic heterocycles. The lowest BCUT2D eigenvalue weighted by atomic mass is 10.2. The summed E-state index contributed by atoms with van der Waals surface area (Å²) in [5, 5.41) is 9.45. The van der Waals surface area contributed by atoms with Crippen molar-refractivity contribution in [2.45, 2.75) is 6.42 Å². The number of fused-ring (bicyclic) bond motifs is 1. The summed E-state index contributed by atoms with van der Waals surface area (Å²) in [5.74, 6) is 0.0244. The van der Waals surface area contributed by atoms with Crippen LogP contribution in [0.4, 0.5) is 5.69 Å². The van der Waals surface area contributed by atoms with Crippen molar-refractivity contribution < 1.29 is 9.90 Å². The summed E-state index contributed by atoms with van der Waals surface area (Å²) in [6, 6.07) is 5.37. The zero-order chi connectivity index (χ0) is 10.1. The Bertz CT molecular complexity index is 378. The van der Waals surface area contributed by atoms with Crippen molar-refractivity contribution in [3.05, 3.63) is 28.8 Å². The number of aliphatic hydroxyl groups is 1. The molecule has 0 aliphatic carbocycles. The SMILES string of the molecule is O=C1Cc2cc(Cl)ccc2N1CCO. The van der Waals surface area contributed by atoms with Gasteiger partial charge in [-0.1, -0.05) is 11.6 Å². The number of carbonyl (C=O) groups excluding carboxylic acids is 1. The van der Waals surface area contributed by atoms with E-state index in [0.717, 1.165) is 11.3 Å². The molecule has 14 heavy (non-hydrogen) atoms. The quantitative estimate of drug-likeness (QED) is 0.799. The van der Waals surface area contributed by atoms with Crippen molar-refractivity contribution in [1.82, 2.24) is 0 Å². The number of carbonyl (C=O) groups is 1. The Hall–Kier alpha value is -1.06. The van der Waals surface area contributed by atoms with Gasteiger partial charge in [-0.2, -0.15) is 0 Å². The van der Waals surface area contributed by atoms with Gasteiger partial charge in [0.2, 0.25) is 5.91 Å². The van der Waals surface area contributed by atoms with Crippen LogP contribution in [0, 0.1) is 0 Å². The first-order chi connectivity index (χ1) is 6.72. The van der Waals surface area contributed by atoms with Crippen LogP contribution >= 0.6 is 11.6 Å².